The van der Waals surface area contributed by atoms with Gasteiger partial charge in [0.05, 0.1) is 18.9 Å². The van der Waals surface area contributed by atoms with Gasteiger partial charge in [-0.15, -0.1) is 0 Å². The van der Waals surface area contributed by atoms with Gasteiger partial charge in [0.2, 0.25) is 5.91 Å². The zero-order valence-electron chi connectivity index (χ0n) is 11.3. The maximum atomic E-state index is 12.3. The third-order valence-corrected chi connectivity index (χ3v) is 3.69. The van der Waals surface area contributed by atoms with E-state index in [1.807, 2.05) is 37.3 Å². The molecule has 1 aromatic rings. The first kappa shape index (κ1) is 13.6. The molecule has 0 N–H and O–H groups in total. The zero-order valence-corrected chi connectivity index (χ0v) is 11.3. The highest BCUT2D eigenvalue weighted by Crippen LogP contribution is 2.29. The minimum atomic E-state index is -0.328. The lowest BCUT2D eigenvalue weighted by Crippen LogP contribution is -2.26. The van der Waals surface area contributed by atoms with Crippen molar-refractivity contribution >= 4 is 11.9 Å². The van der Waals surface area contributed by atoms with Crippen LogP contribution < -0.4 is 0 Å². The zero-order chi connectivity index (χ0) is 13.8. The quantitative estimate of drug-likeness (QED) is 0.777. The lowest BCUT2D eigenvalue weighted by Gasteiger charge is -2.16. The molecular weight excluding hydrogens is 242 g/mol. The van der Waals surface area contributed by atoms with Crippen LogP contribution in [0.2, 0.25) is 0 Å². The topological polar surface area (TPSA) is 46.6 Å². The molecule has 1 aliphatic rings. The van der Waals surface area contributed by atoms with Gasteiger partial charge in [0.1, 0.15) is 0 Å². The number of methoxy groups -OCH3 is 1. The number of ether oxygens (including phenoxy) is 1. The number of amides is 1. The van der Waals surface area contributed by atoms with E-state index in [-0.39, 0.29) is 23.7 Å². The van der Waals surface area contributed by atoms with E-state index < -0.39 is 0 Å². The number of nitrogens with zero attached hydrogens (tertiary/aromatic N) is 1. The van der Waals surface area contributed by atoms with Crippen LogP contribution in [-0.4, -0.2) is 30.4 Å². The third-order valence-electron chi connectivity index (χ3n) is 3.69. The minimum absolute atomic E-state index is 0.0572. The summed E-state index contributed by atoms with van der Waals surface area (Å²) < 4.78 is 4.80. The van der Waals surface area contributed by atoms with Crippen LogP contribution in [0.1, 0.15) is 18.9 Å². The first-order valence-electron chi connectivity index (χ1n) is 6.58. The van der Waals surface area contributed by atoms with Crippen molar-refractivity contribution in [3.8, 4) is 0 Å². The summed E-state index contributed by atoms with van der Waals surface area (Å²) in [5, 5.41) is 0. The Bertz CT molecular complexity index is 458. The molecule has 4 heteroatoms. The smallest absolute Gasteiger partial charge is 0.311 e. The highest BCUT2D eigenvalue weighted by atomic mass is 16.5. The highest BCUT2D eigenvalue weighted by molar-refractivity contribution is 5.89. The van der Waals surface area contributed by atoms with Gasteiger partial charge in [0.25, 0.3) is 0 Å². The second kappa shape index (κ2) is 5.87. The molecule has 2 rings (SSSR count). The predicted octanol–water partition coefficient (Wildman–Crippen LogP) is 1.84. The first-order chi connectivity index (χ1) is 9.17. The summed E-state index contributed by atoms with van der Waals surface area (Å²) in [5.74, 6) is -0.792. The number of carbonyl (C=O) groups excluding carboxylic acids is 2. The Morgan fingerprint density at radius 1 is 1.37 bits per heavy atom. The van der Waals surface area contributed by atoms with Crippen molar-refractivity contribution in [3.05, 3.63) is 35.9 Å². The van der Waals surface area contributed by atoms with E-state index in [9.17, 15) is 9.59 Å². The van der Waals surface area contributed by atoms with E-state index in [4.69, 9.17) is 4.74 Å². The van der Waals surface area contributed by atoms with Crippen LogP contribution >= 0.6 is 0 Å². The summed E-state index contributed by atoms with van der Waals surface area (Å²) in [6.45, 7) is 2.95. The van der Waals surface area contributed by atoms with Gasteiger partial charge in [0, 0.05) is 13.1 Å². The molecular formula is C15H19NO3. The Balaban J connectivity index is 2.11. The van der Waals surface area contributed by atoms with Crippen molar-refractivity contribution in [2.45, 2.75) is 19.9 Å². The molecule has 1 saturated heterocycles. The molecule has 1 amide bonds. The lowest BCUT2D eigenvalue weighted by atomic mass is 9.93. The molecule has 1 aromatic carbocycles. The monoisotopic (exact) mass is 261 g/mol. The minimum Gasteiger partial charge on any atom is -0.469 e. The molecule has 0 unspecified atom stereocenters. The van der Waals surface area contributed by atoms with E-state index >= 15 is 0 Å². The number of hydrogen-bond acceptors (Lipinski definition) is 3. The summed E-state index contributed by atoms with van der Waals surface area (Å²) >= 11 is 0. The van der Waals surface area contributed by atoms with Crippen molar-refractivity contribution in [1.82, 2.24) is 4.90 Å². The maximum absolute atomic E-state index is 12.3. The predicted molar refractivity (Wildman–Crippen MR) is 71.1 cm³/mol. The molecule has 0 spiro atoms. The normalized spacial score (nSPS) is 22.6. The van der Waals surface area contributed by atoms with E-state index in [0.29, 0.717) is 19.5 Å². The largest absolute Gasteiger partial charge is 0.469 e. The fraction of sp³-hybridized carbons (Fsp3) is 0.467. The van der Waals surface area contributed by atoms with Crippen molar-refractivity contribution in [2.75, 3.05) is 13.7 Å². The molecule has 1 heterocycles. The molecule has 0 aromatic heterocycles. The van der Waals surface area contributed by atoms with Gasteiger partial charge in [-0.25, -0.2) is 0 Å². The fourth-order valence-electron chi connectivity index (χ4n) is 2.66. The Morgan fingerprint density at radius 3 is 2.63 bits per heavy atom. The molecule has 0 saturated carbocycles. The molecule has 4 nitrogen and oxygen atoms in total. The number of rotatable bonds is 4. The van der Waals surface area contributed by atoms with Gasteiger partial charge in [-0.2, -0.15) is 0 Å². The summed E-state index contributed by atoms with van der Waals surface area (Å²) in [5.41, 5.74) is 1.08. The van der Waals surface area contributed by atoms with Crippen LogP contribution in [0.4, 0.5) is 0 Å². The maximum Gasteiger partial charge on any atom is 0.311 e. The lowest BCUT2D eigenvalue weighted by molar-refractivity contribution is -0.147. The number of hydrogen-bond donors (Lipinski definition) is 0. The van der Waals surface area contributed by atoms with E-state index in [0.717, 1.165) is 5.56 Å². The second-order valence-corrected chi connectivity index (χ2v) is 4.85. The fourth-order valence-corrected chi connectivity index (χ4v) is 2.66. The Kier molecular flexibility index (Phi) is 4.20. The molecule has 2 atom stereocenters. The van der Waals surface area contributed by atoms with Crippen molar-refractivity contribution in [2.24, 2.45) is 11.8 Å². The second-order valence-electron chi connectivity index (χ2n) is 4.85. The highest BCUT2D eigenvalue weighted by Gasteiger charge is 2.43. The standard InChI is InChI=1S/C15H19NO3/c1-3-12-13(15(18)19-2)10-16(14(12)17)9-11-7-5-4-6-8-11/h4-8,12-13H,3,9-10H2,1-2H3/t12-,13+/m1/s1. The summed E-state index contributed by atoms with van der Waals surface area (Å²) in [7, 11) is 1.37. The molecule has 0 bridgehead atoms. The summed E-state index contributed by atoms with van der Waals surface area (Å²) in [6.07, 6.45) is 0.671. The molecule has 0 radical (unpaired) electrons. The molecule has 102 valence electrons. The van der Waals surface area contributed by atoms with E-state index in [1.54, 1.807) is 4.90 Å². The van der Waals surface area contributed by atoms with Gasteiger partial charge < -0.3 is 9.64 Å². The Hall–Kier alpha value is -1.84. The average Bonchev–Trinajstić information content (AvgIpc) is 2.76. The average molecular weight is 261 g/mol. The van der Waals surface area contributed by atoms with Gasteiger partial charge in [-0.05, 0) is 12.0 Å². The summed E-state index contributed by atoms with van der Waals surface area (Å²) in [4.78, 5) is 25.8. The van der Waals surface area contributed by atoms with Crippen molar-refractivity contribution < 1.29 is 14.3 Å². The van der Waals surface area contributed by atoms with Crippen LogP contribution in [0.15, 0.2) is 30.3 Å². The number of benzene rings is 1. The summed E-state index contributed by atoms with van der Waals surface area (Å²) in [6, 6.07) is 9.82. The van der Waals surface area contributed by atoms with Crippen LogP contribution in [0, 0.1) is 11.8 Å². The van der Waals surface area contributed by atoms with Gasteiger partial charge in [-0.3, -0.25) is 9.59 Å². The first-order valence-corrected chi connectivity index (χ1v) is 6.58. The molecule has 19 heavy (non-hydrogen) atoms. The van der Waals surface area contributed by atoms with Crippen molar-refractivity contribution in [3.63, 3.8) is 0 Å². The molecule has 0 aliphatic carbocycles. The van der Waals surface area contributed by atoms with Crippen molar-refractivity contribution in [1.29, 1.82) is 0 Å². The third kappa shape index (κ3) is 2.78. The van der Waals surface area contributed by atoms with Crippen LogP contribution in [0.3, 0.4) is 0 Å². The van der Waals surface area contributed by atoms with Gasteiger partial charge in [-0.1, -0.05) is 37.3 Å². The van der Waals surface area contributed by atoms with Gasteiger partial charge >= 0.3 is 5.97 Å². The Morgan fingerprint density at radius 2 is 2.05 bits per heavy atom. The number of carbonyl (C=O) groups is 2. The number of esters is 1. The van der Waals surface area contributed by atoms with E-state index in [2.05, 4.69) is 0 Å². The van der Waals surface area contributed by atoms with Crippen LogP contribution in [-0.2, 0) is 20.9 Å². The van der Waals surface area contributed by atoms with Gasteiger partial charge in [0.15, 0.2) is 0 Å². The van der Waals surface area contributed by atoms with Crippen LogP contribution in [0.25, 0.3) is 0 Å². The Labute approximate surface area is 113 Å². The van der Waals surface area contributed by atoms with Crippen LogP contribution in [0.5, 0.6) is 0 Å². The number of likely N-dealkylation sites (tertiary alicyclic amines) is 1. The molecule has 1 aliphatic heterocycles. The SMILES string of the molecule is CC[C@H]1C(=O)N(Cc2ccccc2)C[C@@H]1C(=O)OC. The van der Waals surface area contributed by atoms with E-state index in [1.165, 1.54) is 7.11 Å². The molecule has 1 fully saturated rings.